The van der Waals surface area contributed by atoms with Crippen LogP contribution in [0.4, 0.5) is 0 Å². The maximum absolute atomic E-state index is 11.8. The van der Waals surface area contributed by atoms with Gasteiger partial charge in [0, 0.05) is 17.7 Å². The Morgan fingerprint density at radius 2 is 2.00 bits per heavy atom. The van der Waals surface area contributed by atoms with E-state index in [1.807, 2.05) is 6.92 Å². The van der Waals surface area contributed by atoms with E-state index in [0.717, 1.165) is 5.56 Å². The zero-order valence-electron chi connectivity index (χ0n) is 10.1. The summed E-state index contributed by atoms with van der Waals surface area (Å²) in [5, 5.41) is 18.0. The lowest BCUT2D eigenvalue weighted by Crippen LogP contribution is -2.36. The van der Waals surface area contributed by atoms with E-state index >= 15 is 0 Å². The summed E-state index contributed by atoms with van der Waals surface area (Å²) in [6.07, 6.45) is 3.31. The molecule has 0 bridgehead atoms. The largest absolute Gasteiger partial charge is 0.481 e. The van der Waals surface area contributed by atoms with Gasteiger partial charge in [-0.25, -0.2) is 0 Å². The maximum atomic E-state index is 11.8. The number of rotatable bonds is 5. The van der Waals surface area contributed by atoms with Crippen LogP contribution in [0, 0.1) is 11.8 Å². The molecule has 0 aliphatic carbocycles. The van der Waals surface area contributed by atoms with E-state index in [-0.39, 0.29) is 11.9 Å². The first-order chi connectivity index (χ1) is 7.93. The Balaban J connectivity index is 2.57. The Morgan fingerprint density at radius 1 is 1.35 bits per heavy atom. The lowest BCUT2D eigenvalue weighted by molar-refractivity contribution is -0.146. The lowest BCUT2D eigenvalue weighted by atomic mass is 9.95. The first-order valence-electron chi connectivity index (χ1n) is 5.45. The number of H-pyrrole nitrogens is 1. The number of carboxylic acid groups (broad SMARTS) is 1. The molecule has 0 radical (unpaired) electrons. The molecule has 6 heteroatoms. The zero-order chi connectivity index (χ0) is 13.0. The van der Waals surface area contributed by atoms with Gasteiger partial charge in [-0.1, -0.05) is 13.8 Å². The molecule has 1 aromatic rings. The van der Waals surface area contributed by atoms with Crippen LogP contribution < -0.4 is 5.32 Å². The lowest BCUT2D eigenvalue weighted by Gasteiger charge is -2.19. The normalized spacial score (nSPS) is 15.9. The molecule has 0 spiro atoms. The minimum absolute atomic E-state index is 0.190. The van der Waals surface area contributed by atoms with Crippen molar-refractivity contribution in [2.45, 2.75) is 26.8 Å². The number of aromatic nitrogens is 2. The molecule has 0 aliphatic heterocycles. The summed E-state index contributed by atoms with van der Waals surface area (Å²) in [5.41, 5.74) is 0.855. The van der Waals surface area contributed by atoms with Crippen molar-refractivity contribution in [2.75, 3.05) is 0 Å². The van der Waals surface area contributed by atoms with Crippen LogP contribution in [0.5, 0.6) is 0 Å². The molecule has 3 N–H and O–H groups in total. The van der Waals surface area contributed by atoms with Gasteiger partial charge in [-0.15, -0.1) is 0 Å². The molecule has 3 atom stereocenters. The van der Waals surface area contributed by atoms with Gasteiger partial charge in [0.2, 0.25) is 5.91 Å². The third kappa shape index (κ3) is 3.30. The quantitative estimate of drug-likeness (QED) is 0.712. The highest BCUT2D eigenvalue weighted by atomic mass is 16.4. The van der Waals surface area contributed by atoms with Crippen molar-refractivity contribution in [1.82, 2.24) is 15.5 Å². The van der Waals surface area contributed by atoms with Crippen LogP contribution in [-0.4, -0.2) is 27.2 Å². The minimum atomic E-state index is -0.969. The number of carbonyl (C=O) groups is 2. The second-order valence-corrected chi connectivity index (χ2v) is 4.18. The predicted molar refractivity (Wildman–Crippen MR) is 61.1 cm³/mol. The molecule has 0 fully saturated rings. The van der Waals surface area contributed by atoms with Crippen molar-refractivity contribution < 1.29 is 14.7 Å². The summed E-state index contributed by atoms with van der Waals surface area (Å²) >= 11 is 0. The molecule has 17 heavy (non-hydrogen) atoms. The van der Waals surface area contributed by atoms with Gasteiger partial charge >= 0.3 is 5.97 Å². The minimum Gasteiger partial charge on any atom is -0.481 e. The van der Waals surface area contributed by atoms with Crippen molar-refractivity contribution in [2.24, 2.45) is 11.8 Å². The van der Waals surface area contributed by atoms with E-state index in [2.05, 4.69) is 15.5 Å². The van der Waals surface area contributed by atoms with Crippen LogP contribution >= 0.6 is 0 Å². The SMILES string of the molecule is CC(NC(=O)C(C)C(C)C(=O)O)c1cn[nH]c1. The molecule has 0 saturated carbocycles. The highest BCUT2D eigenvalue weighted by molar-refractivity contribution is 5.84. The third-order valence-electron chi connectivity index (χ3n) is 2.93. The van der Waals surface area contributed by atoms with E-state index in [9.17, 15) is 9.59 Å². The average molecular weight is 239 g/mol. The maximum Gasteiger partial charge on any atom is 0.307 e. The van der Waals surface area contributed by atoms with Crippen LogP contribution in [-0.2, 0) is 9.59 Å². The first-order valence-corrected chi connectivity index (χ1v) is 5.45. The predicted octanol–water partition coefficient (Wildman–Crippen LogP) is 0.944. The fourth-order valence-electron chi connectivity index (χ4n) is 1.37. The molecule has 94 valence electrons. The summed E-state index contributed by atoms with van der Waals surface area (Å²) in [5.74, 6) is -2.51. The standard InChI is InChI=1S/C11H17N3O3/c1-6(7(2)11(16)17)10(15)14-8(3)9-4-12-13-5-9/h4-8H,1-3H3,(H,12,13)(H,14,15)(H,16,17). The number of nitrogens with zero attached hydrogens (tertiary/aromatic N) is 1. The number of hydrogen-bond donors (Lipinski definition) is 3. The molecule has 0 saturated heterocycles. The molecule has 1 rings (SSSR count). The molecule has 6 nitrogen and oxygen atoms in total. The monoisotopic (exact) mass is 239 g/mol. The molecular formula is C11H17N3O3. The summed E-state index contributed by atoms with van der Waals surface area (Å²) < 4.78 is 0. The summed E-state index contributed by atoms with van der Waals surface area (Å²) in [7, 11) is 0. The molecule has 0 aliphatic rings. The van der Waals surface area contributed by atoms with Crippen molar-refractivity contribution in [3.8, 4) is 0 Å². The summed E-state index contributed by atoms with van der Waals surface area (Å²) in [4.78, 5) is 22.6. The molecule has 0 aromatic carbocycles. The first kappa shape index (κ1) is 13.2. The smallest absolute Gasteiger partial charge is 0.307 e. The van der Waals surface area contributed by atoms with Gasteiger partial charge in [0.15, 0.2) is 0 Å². The Morgan fingerprint density at radius 3 is 2.47 bits per heavy atom. The number of carbonyl (C=O) groups excluding carboxylic acids is 1. The van der Waals surface area contributed by atoms with Crippen LogP contribution in [0.3, 0.4) is 0 Å². The van der Waals surface area contributed by atoms with Crippen LogP contribution in [0.1, 0.15) is 32.4 Å². The van der Waals surface area contributed by atoms with E-state index in [4.69, 9.17) is 5.11 Å². The Hall–Kier alpha value is -1.85. The van der Waals surface area contributed by atoms with Crippen molar-refractivity contribution in [3.63, 3.8) is 0 Å². The van der Waals surface area contributed by atoms with Gasteiger partial charge in [0.25, 0.3) is 0 Å². The molecule has 1 heterocycles. The second kappa shape index (κ2) is 5.47. The summed E-state index contributed by atoms with van der Waals surface area (Å²) in [6, 6.07) is -0.190. The Labute approximate surface area is 99.4 Å². The van der Waals surface area contributed by atoms with E-state index in [0.29, 0.717) is 0 Å². The van der Waals surface area contributed by atoms with Crippen molar-refractivity contribution in [1.29, 1.82) is 0 Å². The fourth-order valence-corrected chi connectivity index (χ4v) is 1.37. The molecular weight excluding hydrogens is 222 g/mol. The number of hydrogen-bond acceptors (Lipinski definition) is 3. The number of aromatic amines is 1. The number of aliphatic carboxylic acids is 1. The molecule has 3 unspecified atom stereocenters. The number of carboxylic acids is 1. The molecule has 1 aromatic heterocycles. The Bertz CT molecular complexity index is 389. The van der Waals surface area contributed by atoms with E-state index < -0.39 is 17.8 Å². The van der Waals surface area contributed by atoms with Gasteiger partial charge in [0.1, 0.15) is 0 Å². The van der Waals surface area contributed by atoms with E-state index in [1.54, 1.807) is 19.3 Å². The number of nitrogens with one attached hydrogen (secondary N) is 2. The fraction of sp³-hybridized carbons (Fsp3) is 0.545. The van der Waals surface area contributed by atoms with Crippen LogP contribution in [0.15, 0.2) is 12.4 Å². The van der Waals surface area contributed by atoms with Gasteiger partial charge in [-0.3, -0.25) is 14.7 Å². The zero-order valence-corrected chi connectivity index (χ0v) is 10.1. The van der Waals surface area contributed by atoms with Crippen molar-refractivity contribution in [3.05, 3.63) is 18.0 Å². The summed E-state index contributed by atoms with van der Waals surface area (Å²) in [6.45, 7) is 4.95. The van der Waals surface area contributed by atoms with Crippen molar-refractivity contribution >= 4 is 11.9 Å². The third-order valence-corrected chi connectivity index (χ3v) is 2.93. The average Bonchev–Trinajstić information content (AvgIpc) is 2.80. The molecule has 1 amide bonds. The van der Waals surface area contributed by atoms with Gasteiger partial charge in [0.05, 0.1) is 18.2 Å². The highest BCUT2D eigenvalue weighted by Crippen LogP contribution is 2.15. The van der Waals surface area contributed by atoms with Crippen LogP contribution in [0.25, 0.3) is 0 Å². The van der Waals surface area contributed by atoms with Gasteiger partial charge in [-0.05, 0) is 6.92 Å². The second-order valence-electron chi connectivity index (χ2n) is 4.18. The van der Waals surface area contributed by atoms with Gasteiger partial charge < -0.3 is 10.4 Å². The van der Waals surface area contributed by atoms with E-state index in [1.165, 1.54) is 6.92 Å². The van der Waals surface area contributed by atoms with Gasteiger partial charge in [-0.2, -0.15) is 5.10 Å². The van der Waals surface area contributed by atoms with Crippen LogP contribution in [0.2, 0.25) is 0 Å². The number of amides is 1. The highest BCUT2D eigenvalue weighted by Gasteiger charge is 2.26. The Kier molecular flexibility index (Phi) is 4.25. The topological polar surface area (TPSA) is 95.1 Å².